The minimum Gasteiger partial charge on any atom is -0.447 e. The van der Waals surface area contributed by atoms with Gasteiger partial charge in [0.25, 0.3) is 0 Å². The van der Waals surface area contributed by atoms with Crippen molar-refractivity contribution < 1.29 is 19.1 Å². The van der Waals surface area contributed by atoms with Gasteiger partial charge in [-0.05, 0) is 25.2 Å². The number of alkyl carbamates (subject to hydrolysis) is 1. The third kappa shape index (κ3) is 4.82. The molecule has 0 aromatic heterocycles. The molecule has 0 bridgehead atoms. The molecule has 5 heteroatoms. The maximum absolute atomic E-state index is 11.3. The second kappa shape index (κ2) is 7.48. The van der Waals surface area contributed by atoms with E-state index in [-0.39, 0.29) is 18.4 Å². The zero-order chi connectivity index (χ0) is 13.5. The Morgan fingerprint density at radius 3 is 2.58 bits per heavy atom. The van der Waals surface area contributed by atoms with Gasteiger partial charge in [-0.15, -0.1) is 0 Å². The fourth-order valence-corrected chi connectivity index (χ4v) is 2.54. The highest BCUT2D eigenvalue weighted by Gasteiger charge is 2.29. The van der Waals surface area contributed by atoms with Crippen LogP contribution in [0.4, 0.5) is 4.79 Å². The van der Waals surface area contributed by atoms with Crippen molar-refractivity contribution in [3.8, 4) is 0 Å². The summed E-state index contributed by atoms with van der Waals surface area (Å²) in [6, 6.07) is -0.323. The van der Waals surface area contributed by atoms with E-state index in [0.29, 0.717) is 18.9 Å². The lowest BCUT2D eigenvalue weighted by Crippen LogP contribution is -2.47. The van der Waals surface area contributed by atoms with Gasteiger partial charge < -0.3 is 14.8 Å². The number of amides is 1. The molecule has 0 radical (unpaired) electrons. The number of carbonyl (C=O) groups is 2. The molecule has 0 heterocycles. The van der Waals surface area contributed by atoms with E-state index in [1.54, 1.807) is 0 Å². The fraction of sp³-hybridized carbons (Fsp3) is 0.857. The first-order valence-corrected chi connectivity index (χ1v) is 7.29. The van der Waals surface area contributed by atoms with Crippen LogP contribution in [0.1, 0.15) is 44.9 Å². The summed E-state index contributed by atoms with van der Waals surface area (Å²) in [7, 11) is 0. The molecular formula is C14H23NO4. The molecule has 2 fully saturated rings. The molecule has 0 aromatic rings. The normalized spacial score (nSPS) is 23.8. The maximum Gasteiger partial charge on any atom is 0.407 e. The van der Waals surface area contributed by atoms with Gasteiger partial charge >= 0.3 is 6.09 Å². The van der Waals surface area contributed by atoms with Crippen LogP contribution in [0.5, 0.6) is 0 Å². The van der Waals surface area contributed by atoms with Crippen LogP contribution in [-0.4, -0.2) is 37.7 Å². The molecule has 0 aromatic carbocycles. The second-order valence-corrected chi connectivity index (χ2v) is 5.42. The van der Waals surface area contributed by atoms with E-state index in [2.05, 4.69) is 5.32 Å². The number of ether oxygens (including phenoxy) is 2. The van der Waals surface area contributed by atoms with Crippen molar-refractivity contribution in [2.45, 2.75) is 51.0 Å². The van der Waals surface area contributed by atoms with Crippen molar-refractivity contribution in [2.75, 3.05) is 19.8 Å². The summed E-state index contributed by atoms with van der Waals surface area (Å²) in [6.07, 6.45) is 7.25. The van der Waals surface area contributed by atoms with Gasteiger partial charge in [0.2, 0.25) is 0 Å². The van der Waals surface area contributed by atoms with Crippen LogP contribution in [0.3, 0.4) is 0 Å². The van der Waals surface area contributed by atoms with Crippen molar-refractivity contribution in [3.63, 3.8) is 0 Å². The number of ketones is 1. The van der Waals surface area contributed by atoms with Crippen LogP contribution < -0.4 is 5.32 Å². The molecule has 2 rings (SSSR count). The number of rotatable bonds is 6. The molecular weight excluding hydrogens is 246 g/mol. The van der Waals surface area contributed by atoms with Gasteiger partial charge in [-0.2, -0.15) is 0 Å². The highest BCUT2D eigenvalue weighted by molar-refractivity contribution is 5.92. The molecule has 2 aliphatic carbocycles. The molecule has 2 aliphatic rings. The number of Topliss-reactive ketones (excluding diaryl/α,β-unsaturated/α-hetero) is 1. The van der Waals surface area contributed by atoms with Crippen molar-refractivity contribution in [2.24, 2.45) is 5.92 Å². The third-order valence-electron chi connectivity index (χ3n) is 3.90. The van der Waals surface area contributed by atoms with Crippen molar-refractivity contribution >= 4 is 11.9 Å². The van der Waals surface area contributed by atoms with Gasteiger partial charge in [-0.1, -0.05) is 19.3 Å². The van der Waals surface area contributed by atoms with Crippen LogP contribution >= 0.6 is 0 Å². The van der Waals surface area contributed by atoms with E-state index in [0.717, 1.165) is 13.0 Å². The van der Waals surface area contributed by atoms with E-state index >= 15 is 0 Å². The number of carbonyl (C=O) groups excluding carboxylic acids is 2. The van der Waals surface area contributed by atoms with Crippen LogP contribution in [0, 0.1) is 5.92 Å². The van der Waals surface area contributed by atoms with E-state index in [1.165, 1.54) is 32.1 Å². The zero-order valence-electron chi connectivity index (χ0n) is 11.4. The Hall–Kier alpha value is -1.10. The first-order chi connectivity index (χ1) is 9.25. The van der Waals surface area contributed by atoms with Gasteiger partial charge in [0, 0.05) is 13.0 Å². The van der Waals surface area contributed by atoms with Crippen LogP contribution in [-0.2, 0) is 14.3 Å². The Labute approximate surface area is 114 Å². The topological polar surface area (TPSA) is 64.6 Å². The highest BCUT2D eigenvalue weighted by Crippen LogP contribution is 2.23. The fourth-order valence-electron chi connectivity index (χ4n) is 2.54. The summed E-state index contributed by atoms with van der Waals surface area (Å²) < 4.78 is 10.5. The van der Waals surface area contributed by atoms with E-state index in [1.807, 2.05) is 0 Å². The van der Waals surface area contributed by atoms with Gasteiger partial charge in [-0.3, -0.25) is 4.79 Å². The summed E-state index contributed by atoms with van der Waals surface area (Å²) in [5.41, 5.74) is 0. The first kappa shape index (κ1) is 14.3. The third-order valence-corrected chi connectivity index (χ3v) is 3.90. The molecule has 108 valence electrons. The van der Waals surface area contributed by atoms with Crippen molar-refractivity contribution in [1.82, 2.24) is 5.32 Å². The van der Waals surface area contributed by atoms with Gasteiger partial charge in [0.05, 0.1) is 12.6 Å². The first-order valence-electron chi connectivity index (χ1n) is 7.29. The molecule has 19 heavy (non-hydrogen) atoms. The Morgan fingerprint density at radius 2 is 1.95 bits per heavy atom. The van der Waals surface area contributed by atoms with E-state index in [4.69, 9.17) is 9.47 Å². The average Bonchev–Trinajstić information content (AvgIpc) is 2.44. The summed E-state index contributed by atoms with van der Waals surface area (Å²) >= 11 is 0. The maximum atomic E-state index is 11.3. The molecule has 0 saturated heterocycles. The van der Waals surface area contributed by atoms with Crippen molar-refractivity contribution in [3.05, 3.63) is 0 Å². The van der Waals surface area contributed by atoms with E-state index in [9.17, 15) is 9.59 Å². The van der Waals surface area contributed by atoms with Gasteiger partial charge in [-0.25, -0.2) is 4.79 Å². The van der Waals surface area contributed by atoms with Crippen LogP contribution in [0.25, 0.3) is 0 Å². The smallest absolute Gasteiger partial charge is 0.407 e. The van der Waals surface area contributed by atoms with Gasteiger partial charge in [0.15, 0.2) is 5.78 Å². The van der Waals surface area contributed by atoms with E-state index < -0.39 is 6.09 Å². The lowest BCUT2D eigenvalue weighted by molar-refractivity contribution is -0.126. The molecule has 0 aliphatic heterocycles. The predicted molar refractivity (Wildman–Crippen MR) is 69.9 cm³/mol. The lowest BCUT2D eigenvalue weighted by Gasteiger charge is -2.24. The zero-order valence-corrected chi connectivity index (χ0v) is 11.4. The predicted octanol–water partition coefficient (Wildman–Crippen LogP) is 2.04. The summed E-state index contributed by atoms with van der Waals surface area (Å²) in [5.74, 6) is 0.765. The Kier molecular flexibility index (Phi) is 5.63. The average molecular weight is 269 g/mol. The Morgan fingerprint density at radius 1 is 1.16 bits per heavy atom. The summed E-state index contributed by atoms with van der Waals surface area (Å²) in [5, 5.41) is 2.54. The van der Waals surface area contributed by atoms with Crippen LogP contribution in [0.15, 0.2) is 0 Å². The molecule has 0 spiro atoms. The molecule has 0 unspecified atom stereocenters. The monoisotopic (exact) mass is 269 g/mol. The quantitative estimate of drug-likeness (QED) is 0.749. The number of nitrogens with one attached hydrogen (secondary N) is 1. The molecule has 1 amide bonds. The van der Waals surface area contributed by atoms with Gasteiger partial charge in [0.1, 0.15) is 6.61 Å². The summed E-state index contributed by atoms with van der Waals surface area (Å²) in [4.78, 5) is 22.3. The number of hydrogen-bond acceptors (Lipinski definition) is 4. The minimum atomic E-state index is -0.515. The second-order valence-electron chi connectivity index (χ2n) is 5.42. The SMILES string of the molecule is O=C(N[C@H]1CCC1=O)OCCOCC1CCCCC1. The van der Waals surface area contributed by atoms with Crippen molar-refractivity contribution in [1.29, 1.82) is 0 Å². The molecule has 1 N–H and O–H groups in total. The molecule has 1 atom stereocenters. The lowest BCUT2D eigenvalue weighted by atomic mass is 9.90. The van der Waals surface area contributed by atoms with Crippen LogP contribution in [0.2, 0.25) is 0 Å². The standard InChI is InChI=1S/C14H23NO4/c16-13-7-6-12(13)15-14(17)19-9-8-18-10-11-4-2-1-3-5-11/h11-12H,1-10H2,(H,15,17)/t12-/m0/s1. The largest absolute Gasteiger partial charge is 0.447 e. The summed E-state index contributed by atoms with van der Waals surface area (Å²) in [6.45, 7) is 1.45. The molecule has 2 saturated carbocycles. The minimum absolute atomic E-state index is 0.0884. The Bertz CT molecular complexity index is 313. The molecule has 5 nitrogen and oxygen atoms in total. The highest BCUT2D eigenvalue weighted by atomic mass is 16.6. The number of hydrogen-bond donors (Lipinski definition) is 1. The Balaban J connectivity index is 1.44.